The van der Waals surface area contributed by atoms with Crippen molar-refractivity contribution in [1.29, 1.82) is 0 Å². The van der Waals surface area contributed by atoms with Gasteiger partial charge in [0.2, 0.25) is 0 Å². The number of rotatable bonds is 6. The summed E-state index contributed by atoms with van der Waals surface area (Å²) in [7, 11) is 0. The van der Waals surface area contributed by atoms with Crippen LogP contribution in [0, 0.1) is 0 Å². The van der Waals surface area contributed by atoms with E-state index in [1.54, 1.807) is 6.07 Å². The van der Waals surface area contributed by atoms with Crippen LogP contribution in [0.25, 0.3) is 6.08 Å². The SMILES string of the molecule is C=Cc1ccccc1C(c1ccccc1)(c1ccccc1)c1cccc(C=O)c1O. The lowest BCUT2D eigenvalue weighted by Crippen LogP contribution is -2.32. The van der Waals surface area contributed by atoms with Crippen LogP contribution in [-0.2, 0) is 5.41 Å². The Hall–Kier alpha value is -3.91. The van der Waals surface area contributed by atoms with Crippen LogP contribution >= 0.6 is 0 Å². The minimum atomic E-state index is -0.837. The molecule has 0 fully saturated rings. The molecule has 4 aromatic rings. The molecule has 2 nitrogen and oxygen atoms in total. The minimum absolute atomic E-state index is 0.0147. The predicted octanol–water partition coefficient (Wildman–Crippen LogP) is 6.23. The van der Waals surface area contributed by atoms with Crippen LogP contribution in [-0.4, -0.2) is 11.4 Å². The summed E-state index contributed by atoms with van der Waals surface area (Å²) in [5.74, 6) is -0.0147. The second-order valence-corrected chi connectivity index (χ2v) is 7.13. The molecule has 4 aromatic carbocycles. The summed E-state index contributed by atoms with van der Waals surface area (Å²) in [4.78, 5) is 11.7. The molecule has 0 amide bonds. The zero-order valence-electron chi connectivity index (χ0n) is 16.5. The van der Waals surface area contributed by atoms with Gasteiger partial charge in [-0.1, -0.05) is 110 Å². The Morgan fingerprint density at radius 2 is 1.13 bits per heavy atom. The van der Waals surface area contributed by atoms with Gasteiger partial charge < -0.3 is 5.11 Å². The van der Waals surface area contributed by atoms with Gasteiger partial charge in [0, 0.05) is 5.56 Å². The normalized spacial score (nSPS) is 11.1. The molecule has 0 spiro atoms. The van der Waals surface area contributed by atoms with Gasteiger partial charge in [0.05, 0.1) is 11.0 Å². The molecule has 0 saturated heterocycles. The fraction of sp³-hybridized carbons (Fsp3) is 0.0357. The van der Waals surface area contributed by atoms with Crippen LogP contribution in [0.3, 0.4) is 0 Å². The van der Waals surface area contributed by atoms with E-state index in [0.717, 1.165) is 22.3 Å². The molecule has 0 aromatic heterocycles. The van der Waals surface area contributed by atoms with Crippen LogP contribution in [0.5, 0.6) is 5.75 Å². The van der Waals surface area contributed by atoms with Crippen LogP contribution in [0.2, 0.25) is 0 Å². The van der Waals surface area contributed by atoms with Crippen molar-refractivity contribution in [2.45, 2.75) is 5.41 Å². The van der Waals surface area contributed by atoms with Gasteiger partial charge in [0.15, 0.2) is 6.29 Å². The van der Waals surface area contributed by atoms with Crippen molar-refractivity contribution in [1.82, 2.24) is 0 Å². The van der Waals surface area contributed by atoms with E-state index in [1.807, 2.05) is 72.8 Å². The third kappa shape index (κ3) is 3.03. The Kier molecular flexibility index (Phi) is 5.32. The van der Waals surface area contributed by atoms with Gasteiger partial charge in [-0.2, -0.15) is 0 Å². The maximum atomic E-state index is 11.7. The van der Waals surface area contributed by atoms with Crippen molar-refractivity contribution in [2.24, 2.45) is 0 Å². The average molecular weight is 390 g/mol. The largest absolute Gasteiger partial charge is 0.507 e. The molecule has 0 heterocycles. The van der Waals surface area contributed by atoms with Gasteiger partial charge in [-0.25, -0.2) is 0 Å². The molecular formula is C28H22O2. The predicted molar refractivity (Wildman–Crippen MR) is 122 cm³/mol. The number of benzene rings is 4. The molecule has 0 radical (unpaired) electrons. The van der Waals surface area contributed by atoms with Gasteiger partial charge in [0.1, 0.15) is 5.75 Å². The maximum absolute atomic E-state index is 11.7. The first kappa shape index (κ1) is 19.4. The van der Waals surface area contributed by atoms with Crippen molar-refractivity contribution in [3.8, 4) is 5.75 Å². The second kappa shape index (κ2) is 8.22. The topological polar surface area (TPSA) is 37.3 Å². The second-order valence-electron chi connectivity index (χ2n) is 7.13. The highest BCUT2D eigenvalue weighted by atomic mass is 16.3. The number of aldehydes is 1. The Morgan fingerprint density at radius 1 is 0.633 bits per heavy atom. The minimum Gasteiger partial charge on any atom is -0.507 e. The van der Waals surface area contributed by atoms with Crippen LogP contribution in [0.1, 0.15) is 38.2 Å². The first-order valence-corrected chi connectivity index (χ1v) is 9.84. The fourth-order valence-electron chi connectivity index (χ4n) is 4.29. The van der Waals surface area contributed by atoms with E-state index in [0.29, 0.717) is 11.8 Å². The Labute approximate surface area is 176 Å². The van der Waals surface area contributed by atoms with E-state index >= 15 is 0 Å². The van der Waals surface area contributed by atoms with Crippen molar-refractivity contribution in [3.05, 3.63) is 143 Å². The Balaban J connectivity index is 2.25. The number of hydrogen-bond donors (Lipinski definition) is 1. The van der Waals surface area contributed by atoms with Crippen molar-refractivity contribution < 1.29 is 9.90 Å². The summed E-state index contributed by atoms with van der Waals surface area (Å²) in [6.07, 6.45) is 2.52. The molecule has 2 heteroatoms. The molecule has 0 saturated carbocycles. The van der Waals surface area contributed by atoms with E-state index in [9.17, 15) is 9.90 Å². The Bertz CT molecular complexity index is 1140. The van der Waals surface area contributed by atoms with E-state index < -0.39 is 5.41 Å². The van der Waals surface area contributed by atoms with Gasteiger partial charge >= 0.3 is 0 Å². The number of aromatic hydroxyl groups is 1. The average Bonchev–Trinajstić information content (AvgIpc) is 2.82. The summed E-state index contributed by atoms with van der Waals surface area (Å²) >= 11 is 0. The molecule has 0 atom stereocenters. The van der Waals surface area contributed by atoms with E-state index in [2.05, 4.69) is 36.9 Å². The smallest absolute Gasteiger partial charge is 0.153 e. The molecule has 0 aliphatic heterocycles. The molecule has 0 unspecified atom stereocenters. The lowest BCUT2D eigenvalue weighted by Gasteiger charge is -2.38. The highest BCUT2D eigenvalue weighted by molar-refractivity contribution is 5.82. The summed E-state index contributed by atoms with van der Waals surface area (Å²) in [5.41, 5.74) is 4.00. The number of carbonyl (C=O) groups excluding carboxylic acids is 1. The monoisotopic (exact) mass is 390 g/mol. The highest BCUT2D eigenvalue weighted by Crippen LogP contribution is 2.49. The number of carbonyl (C=O) groups is 1. The Morgan fingerprint density at radius 3 is 1.70 bits per heavy atom. The van der Waals surface area contributed by atoms with E-state index in [-0.39, 0.29) is 11.3 Å². The number of hydrogen-bond acceptors (Lipinski definition) is 2. The zero-order chi connectivity index (χ0) is 21.0. The number of phenolic OH excluding ortho intramolecular Hbond substituents is 1. The number of phenols is 1. The lowest BCUT2D eigenvalue weighted by molar-refractivity contribution is 0.112. The molecule has 146 valence electrons. The van der Waals surface area contributed by atoms with Crippen molar-refractivity contribution in [3.63, 3.8) is 0 Å². The molecule has 4 rings (SSSR count). The quantitative estimate of drug-likeness (QED) is 0.313. The van der Waals surface area contributed by atoms with Gasteiger partial charge in [-0.05, 0) is 28.3 Å². The molecule has 0 aliphatic rings. The highest BCUT2D eigenvalue weighted by Gasteiger charge is 2.41. The van der Waals surface area contributed by atoms with Crippen LogP contribution in [0.4, 0.5) is 0 Å². The fourth-order valence-corrected chi connectivity index (χ4v) is 4.29. The first-order valence-electron chi connectivity index (χ1n) is 9.84. The van der Waals surface area contributed by atoms with Crippen LogP contribution in [0.15, 0.2) is 110 Å². The van der Waals surface area contributed by atoms with E-state index in [4.69, 9.17) is 0 Å². The van der Waals surface area contributed by atoms with Gasteiger partial charge in [0.25, 0.3) is 0 Å². The molecular weight excluding hydrogens is 368 g/mol. The summed E-state index contributed by atoms with van der Waals surface area (Å²) < 4.78 is 0. The maximum Gasteiger partial charge on any atom is 0.153 e. The number of para-hydroxylation sites is 1. The van der Waals surface area contributed by atoms with Crippen molar-refractivity contribution in [2.75, 3.05) is 0 Å². The third-order valence-electron chi connectivity index (χ3n) is 5.60. The van der Waals surface area contributed by atoms with E-state index in [1.165, 1.54) is 0 Å². The zero-order valence-corrected chi connectivity index (χ0v) is 16.5. The lowest BCUT2D eigenvalue weighted by atomic mass is 9.63. The summed E-state index contributed by atoms with van der Waals surface area (Å²) in [6, 6.07) is 33.5. The molecule has 30 heavy (non-hydrogen) atoms. The summed E-state index contributed by atoms with van der Waals surface area (Å²) in [6.45, 7) is 4.02. The molecule has 0 aliphatic carbocycles. The van der Waals surface area contributed by atoms with Crippen molar-refractivity contribution >= 4 is 12.4 Å². The molecule has 0 bridgehead atoms. The first-order chi connectivity index (χ1) is 14.7. The van der Waals surface area contributed by atoms with Gasteiger partial charge in [-0.15, -0.1) is 0 Å². The molecule has 1 N–H and O–H groups in total. The third-order valence-corrected chi connectivity index (χ3v) is 5.60. The van der Waals surface area contributed by atoms with Gasteiger partial charge in [-0.3, -0.25) is 4.79 Å². The standard InChI is InChI=1S/C28H22O2/c1-2-21-12-9-10-18-25(21)28(23-14-5-3-6-15-23,24-16-7-4-8-17-24)26-19-11-13-22(20-29)27(26)30/h2-20,30H,1H2. The van der Waals surface area contributed by atoms with Crippen LogP contribution < -0.4 is 0 Å². The summed E-state index contributed by atoms with van der Waals surface area (Å²) in [5, 5.41) is 11.2.